The monoisotopic (exact) mass is 1840 g/mol. The van der Waals surface area contributed by atoms with Gasteiger partial charge in [-0.3, -0.25) is 24.0 Å². The van der Waals surface area contributed by atoms with E-state index in [0.717, 1.165) is 47.1 Å². The molecule has 35 heteroatoms. The number of ketones is 1. The highest BCUT2D eigenvalue weighted by atomic mass is 16.6. The molecule has 35 nitrogen and oxygen atoms in total. The minimum atomic E-state index is -1.03. The Morgan fingerprint density at radius 1 is 0.375 bits per heavy atom. The molecule has 10 rings (SSSR count). The Morgan fingerprint density at radius 2 is 0.816 bits per heavy atom. The second-order valence-corrected chi connectivity index (χ2v) is 31.3. The summed E-state index contributed by atoms with van der Waals surface area (Å²) >= 11 is 0. The van der Waals surface area contributed by atoms with Crippen molar-refractivity contribution >= 4 is 94.9 Å². The number of carbonyl (C=O) groups is 6. The molecule has 0 saturated heterocycles. The number of aryl methyl sites for hydroxylation is 8. The molecule has 0 saturated carbocycles. The van der Waals surface area contributed by atoms with Crippen molar-refractivity contribution in [2.45, 2.75) is 146 Å². The van der Waals surface area contributed by atoms with E-state index in [1.165, 1.54) is 78.9 Å². The zero-order chi connectivity index (χ0) is 98.7. The maximum absolute atomic E-state index is 13.8. The molecule has 1 aromatic heterocycles. The van der Waals surface area contributed by atoms with Crippen LogP contribution in [0.4, 0.5) is 22.7 Å². The number of rotatable bonds is 43. The van der Waals surface area contributed by atoms with Crippen molar-refractivity contribution in [2.24, 2.45) is 40.8 Å². The summed E-state index contributed by atoms with van der Waals surface area (Å²) in [7, 11) is 0. The number of hydrogen-bond donors (Lipinski definition) is 0. The van der Waals surface area contributed by atoms with Gasteiger partial charge in [0.25, 0.3) is 18.8 Å². The van der Waals surface area contributed by atoms with E-state index in [0.29, 0.717) is 81.6 Å². The number of nitriles is 3. The van der Waals surface area contributed by atoms with Crippen LogP contribution in [0.1, 0.15) is 141 Å². The summed E-state index contributed by atoms with van der Waals surface area (Å²) in [6.07, 6.45) is 15.6. The lowest BCUT2D eigenvalue weighted by Gasteiger charge is -2.31. The SMILES string of the molecule is CCC(CCC(=O)Cc1ccc(C)c(OC#N)c1)(COC(=O)Cc1ccc(C)c(N=C=O)c1)COC(=O)c1cc(C)cc(N=C=O)c1.CCC(COC(=O)CCc1cccc(CN=C=O)c1)(COC(=O)CCc1cccc(COC#N)c1)COC(=O)Cc1ccccc1CN=C=O.Cc1ccc(-n2c(=O)n(-c3ccc(C)c(N=C=O)c3)c(=O)n(-c3ccc(C)c(OC#N)c3)c2=O)cc1N=C=O. The molecule has 0 aliphatic carbocycles. The van der Waals surface area contributed by atoms with Crippen LogP contribution in [-0.2, 0) is 133 Å². The van der Waals surface area contributed by atoms with Gasteiger partial charge in [-0.2, -0.15) is 25.2 Å². The van der Waals surface area contributed by atoms with E-state index < -0.39 is 57.7 Å². The summed E-state index contributed by atoms with van der Waals surface area (Å²) in [5.41, 5.74) is 6.04. The number of esters is 5. The van der Waals surface area contributed by atoms with Crippen LogP contribution in [-0.4, -0.2) is 119 Å². The van der Waals surface area contributed by atoms with E-state index >= 15 is 0 Å². The average molecular weight is 1840 g/mol. The number of benzene rings is 9. The lowest BCUT2D eigenvalue weighted by Crippen LogP contribution is -2.52. The number of ether oxygens (including phenoxy) is 8. The van der Waals surface area contributed by atoms with Crippen LogP contribution in [0.25, 0.3) is 17.1 Å². The Kier molecular flexibility index (Phi) is 40.1. The molecule has 9 aromatic carbocycles. The summed E-state index contributed by atoms with van der Waals surface area (Å²) in [5.74, 6) is -2.38. The van der Waals surface area contributed by atoms with Crippen LogP contribution < -0.4 is 26.5 Å². The quantitative estimate of drug-likeness (QED) is 0.0113. The highest BCUT2D eigenvalue weighted by Crippen LogP contribution is 2.34. The van der Waals surface area contributed by atoms with Crippen molar-refractivity contribution in [3.63, 3.8) is 0 Å². The van der Waals surface area contributed by atoms with Crippen molar-refractivity contribution in [2.75, 3.05) is 33.0 Å². The van der Waals surface area contributed by atoms with E-state index in [2.05, 4.69) is 30.0 Å². The molecular weight excluding hydrogens is 1750 g/mol. The van der Waals surface area contributed by atoms with Crippen LogP contribution in [0.2, 0.25) is 0 Å². The number of aliphatic imine (C=N–C) groups is 6. The van der Waals surface area contributed by atoms with Crippen LogP contribution in [0.15, 0.2) is 226 Å². The number of carbonyl (C=O) groups excluding carboxylic acids is 12. The van der Waals surface area contributed by atoms with Gasteiger partial charge in [-0.1, -0.05) is 129 Å². The first-order valence-electron chi connectivity index (χ1n) is 42.2. The lowest BCUT2D eigenvalue weighted by molar-refractivity contribution is -0.162. The topological polar surface area (TPSA) is 490 Å². The summed E-state index contributed by atoms with van der Waals surface area (Å²) in [5, 5.41) is 26.5. The van der Waals surface area contributed by atoms with Gasteiger partial charge in [-0.15, -0.1) is 10.5 Å². The fourth-order valence-electron chi connectivity index (χ4n) is 13.8. The zero-order valence-electron chi connectivity index (χ0n) is 75.5. The Labute approximate surface area is 779 Å². The number of isocyanates is 6. The fourth-order valence-corrected chi connectivity index (χ4v) is 13.8. The summed E-state index contributed by atoms with van der Waals surface area (Å²) in [4.78, 5) is 205. The standard InChI is InChI=1S/C38H39N3O9.C36H35N3O8.C27H18N6O6/c1-2-38(25-50-37(46)19-33-11-3-4-12-34(33)21-41-28-43,23-48-35(44)15-13-29-7-5-9-31(17-29)20-40-27-42)24-49-36(45)16-14-30-8-6-10-32(18-30)22-47-26-39;1-5-36(20-46-35(44)29-12-24(2)13-30(18-29)38-22-40,11-10-31(42)14-27-9-7-26(4)33(16-27)47-21-37)19-45-34(43)17-28-8-6-25(3)32(15-28)39-23-41;1-16-4-7-19(10-22(16)29-14-34)31-25(36)32(20-8-5-17(2)23(11-20)30-15-35)27(38)33(26(31)37)21-9-6-18(3)24(12-21)39-13-28/h3-12,17-18H,2,13-16,19-25H2,1H3;6-9,12-13,15-16,18H,5,10-11,14,17,19-20H2,1-4H3;4-12H,1-3H3. The van der Waals surface area contributed by atoms with E-state index in [1.54, 1.807) is 151 Å². The van der Waals surface area contributed by atoms with Gasteiger partial charge in [0.15, 0.2) is 0 Å². The number of nitrogens with zero attached hydrogens (tertiary/aromatic N) is 12. The third-order valence-electron chi connectivity index (χ3n) is 21.8. The summed E-state index contributed by atoms with van der Waals surface area (Å²) in [6.45, 7) is 13.6. The van der Waals surface area contributed by atoms with Crippen LogP contribution in [0.5, 0.6) is 11.5 Å². The third-order valence-corrected chi connectivity index (χ3v) is 21.8. The summed E-state index contributed by atoms with van der Waals surface area (Å²) < 4.78 is 45.3. The predicted molar refractivity (Wildman–Crippen MR) is 490 cm³/mol. The van der Waals surface area contributed by atoms with Crippen LogP contribution in [0, 0.1) is 86.9 Å². The molecule has 0 spiro atoms. The number of hydrogen-bond acceptors (Lipinski definition) is 32. The third kappa shape index (κ3) is 30.9. The second-order valence-electron chi connectivity index (χ2n) is 31.3. The molecule has 694 valence electrons. The van der Waals surface area contributed by atoms with Crippen molar-refractivity contribution in [3.8, 4) is 47.3 Å². The molecule has 0 aliphatic rings. The molecule has 0 aliphatic heterocycles. The summed E-state index contributed by atoms with van der Waals surface area (Å²) in [6, 6.07) is 49.6. The maximum atomic E-state index is 13.8. The van der Waals surface area contributed by atoms with Gasteiger partial charge in [-0.25, -0.2) is 71.6 Å². The second kappa shape index (κ2) is 52.4. The molecule has 10 aromatic rings. The van der Waals surface area contributed by atoms with Crippen molar-refractivity contribution in [1.82, 2.24) is 13.7 Å². The molecule has 2 atom stereocenters. The van der Waals surface area contributed by atoms with Crippen molar-refractivity contribution in [1.29, 1.82) is 15.8 Å². The van der Waals surface area contributed by atoms with Crippen LogP contribution in [0.3, 0.4) is 0 Å². The highest BCUT2D eigenvalue weighted by molar-refractivity contribution is 5.91. The molecule has 0 fully saturated rings. The van der Waals surface area contributed by atoms with Crippen molar-refractivity contribution < 1.29 is 95.4 Å². The van der Waals surface area contributed by atoms with E-state index in [4.69, 9.17) is 53.7 Å². The van der Waals surface area contributed by atoms with Gasteiger partial charge in [-0.05, 0) is 212 Å². The smallest absolute Gasteiger partial charge is 0.345 e. The number of Topliss-reactive ketones (excluding diaryl/α,β-unsaturated/α-hetero) is 1. The van der Waals surface area contributed by atoms with Gasteiger partial charge < -0.3 is 37.9 Å². The molecular formula is C101H92N12O23. The Morgan fingerprint density at radius 3 is 1.34 bits per heavy atom. The first kappa shape index (κ1) is 104. The van der Waals surface area contributed by atoms with Gasteiger partial charge in [0.2, 0.25) is 36.5 Å². The lowest BCUT2D eigenvalue weighted by atomic mass is 9.81. The first-order chi connectivity index (χ1) is 65.5. The molecule has 136 heavy (non-hydrogen) atoms. The number of aromatic nitrogens is 3. The Bertz CT molecular complexity index is 6650. The minimum Gasteiger partial charge on any atom is -0.465 e. The van der Waals surface area contributed by atoms with Gasteiger partial charge >= 0.3 is 46.9 Å². The van der Waals surface area contributed by atoms with Crippen molar-refractivity contribution in [3.05, 3.63) is 297 Å². The minimum absolute atomic E-state index is 0.0137. The van der Waals surface area contributed by atoms with E-state index in [1.807, 2.05) is 62.4 Å². The molecule has 0 bridgehead atoms. The largest absolute Gasteiger partial charge is 0.465 e. The van der Waals surface area contributed by atoms with Gasteiger partial charge in [0.05, 0.1) is 76.7 Å². The zero-order valence-corrected chi connectivity index (χ0v) is 75.5. The molecule has 2 unspecified atom stereocenters. The van der Waals surface area contributed by atoms with Gasteiger partial charge in [0.1, 0.15) is 56.9 Å². The molecule has 0 N–H and O–H groups in total. The fraction of sp³-hybridized carbons (Fsp3) is 0.287. The highest BCUT2D eigenvalue weighted by Gasteiger charge is 2.36. The first-order valence-corrected chi connectivity index (χ1v) is 42.2. The normalized spacial score (nSPS) is 11.1. The predicted octanol–water partition coefficient (Wildman–Crippen LogP) is 14.4. The maximum Gasteiger partial charge on any atom is 0.345 e. The van der Waals surface area contributed by atoms with Crippen LogP contribution >= 0.6 is 0 Å². The Hall–Kier alpha value is -17.4. The molecule has 0 radical (unpaired) electrons. The average Bonchev–Trinajstić information content (AvgIpc) is 0.741. The molecule has 0 amide bonds. The Balaban J connectivity index is 0.000000252. The molecule has 1 heterocycles. The van der Waals surface area contributed by atoms with E-state index in [9.17, 15) is 71.9 Å². The van der Waals surface area contributed by atoms with E-state index in [-0.39, 0.29) is 149 Å². The van der Waals surface area contributed by atoms with Gasteiger partial charge in [0, 0.05) is 37.2 Å².